The molecule has 3 N–H and O–H groups in total. The van der Waals surface area contributed by atoms with Crippen molar-refractivity contribution in [1.29, 1.82) is 0 Å². The first-order valence-electron chi connectivity index (χ1n) is 8.42. The van der Waals surface area contributed by atoms with Crippen molar-refractivity contribution in [2.75, 3.05) is 0 Å². The van der Waals surface area contributed by atoms with E-state index in [0.717, 1.165) is 5.56 Å². The van der Waals surface area contributed by atoms with Gasteiger partial charge in [-0.25, -0.2) is 4.98 Å². The molecule has 0 aliphatic rings. The first-order chi connectivity index (χ1) is 12.3. The lowest BCUT2D eigenvalue weighted by atomic mass is 9.90. The van der Waals surface area contributed by atoms with Crippen LogP contribution in [0.1, 0.15) is 39.1 Å². The monoisotopic (exact) mass is 337 g/mol. The van der Waals surface area contributed by atoms with Crippen molar-refractivity contribution < 1.29 is 1.37 Å². The van der Waals surface area contributed by atoms with Crippen molar-refractivity contribution in [3.05, 3.63) is 85.0 Å². The van der Waals surface area contributed by atoms with Gasteiger partial charge in [0.25, 0.3) is 11.1 Å². The Hall–Kier alpha value is -3.15. The summed E-state index contributed by atoms with van der Waals surface area (Å²) in [5, 5.41) is 0.0355. The maximum atomic E-state index is 12.5. The van der Waals surface area contributed by atoms with Crippen LogP contribution < -0.4 is 21.8 Å². The zero-order valence-corrected chi connectivity index (χ0v) is 14.3. The predicted molar refractivity (Wildman–Crippen MR) is 97.8 cm³/mol. The highest BCUT2D eigenvalue weighted by molar-refractivity contribution is 5.49. The summed E-state index contributed by atoms with van der Waals surface area (Å²) in [4.78, 5) is 37.1. The predicted octanol–water partition coefficient (Wildman–Crippen LogP) is 0.741. The molecule has 1 aromatic carbocycles. The molecule has 25 heavy (non-hydrogen) atoms. The second-order valence-electron chi connectivity index (χ2n) is 6.75. The molecule has 0 aliphatic heterocycles. The van der Waals surface area contributed by atoms with Crippen LogP contribution in [-0.4, -0.2) is 19.9 Å². The topological polar surface area (TPSA) is 94.4 Å². The minimum Gasteiger partial charge on any atom is -0.345 e. The number of imidazole rings is 1. The Labute approximate surface area is 145 Å². The van der Waals surface area contributed by atoms with E-state index in [9.17, 15) is 9.59 Å². The quantitative estimate of drug-likeness (QED) is 0.644. The lowest BCUT2D eigenvalue weighted by molar-refractivity contribution is 0.571. The highest BCUT2D eigenvalue weighted by Gasteiger charge is 2.19. The molecular formula is C19H20N4O2. The number of H-pyrrole nitrogens is 3. The van der Waals surface area contributed by atoms with Crippen LogP contribution in [0, 0.1) is 0 Å². The Balaban J connectivity index is 2.23. The van der Waals surface area contributed by atoms with Crippen molar-refractivity contribution in [3.8, 4) is 0 Å². The van der Waals surface area contributed by atoms with Gasteiger partial charge in [-0.1, -0.05) is 51.1 Å². The van der Waals surface area contributed by atoms with Gasteiger partial charge in [-0.15, -0.1) is 0 Å². The molecule has 0 bridgehead atoms. The summed E-state index contributed by atoms with van der Waals surface area (Å²) >= 11 is 0. The van der Waals surface area contributed by atoms with E-state index >= 15 is 0 Å². The molecule has 3 rings (SSSR count). The van der Waals surface area contributed by atoms with Crippen LogP contribution in [0.2, 0.25) is 0 Å². The van der Waals surface area contributed by atoms with E-state index in [2.05, 4.69) is 19.9 Å². The van der Waals surface area contributed by atoms with Gasteiger partial charge in [-0.3, -0.25) is 9.59 Å². The molecule has 3 aromatic rings. The fourth-order valence-electron chi connectivity index (χ4n) is 2.47. The summed E-state index contributed by atoms with van der Waals surface area (Å²) in [5.74, 6) is 0. The average Bonchev–Trinajstić information content (AvgIpc) is 3.08. The van der Waals surface area contributed by atoms with Gasteiger partial charge in [-0.05, 0) is 17.7 Å². The third-order valence-electron chi connectivity index (χ3n) is 3.67. The average molecular weight is 337 g/mol. The fraction of sp³-hybridized carbons (Fsp3) is 0.211. The van der Waals surface area contributed by atoms with Crippen LogP contribution in [0.15, 0.2) is 46.2 Å². The first kappa shape index (κ1) is 15.4. The molecule has 6 heteroatoms. The summed E-state index contributed by atoms with van der Waals surface area (Å²) in [7, 11) is 0. The van der Waals surface area contributed by atoms with Gasteiger partial charge in [-0.2, -0.15) is 0 Å². The molecule has 0 unspecified atom stereocenters. The van der Waals surface area contributed by atoms with Crippen LogP contribution in [-0.2, 0) is 5.41 Å². The molecule has 6 nitrogen and oxygen atoms in total. The molecule has 0 fully saturated rings. The Morgan fingerprint density at radius 2 is 1.68 bits per heavy atom. The zero-order valence-electron chi connectivity index (χ0n) is 15.3. The van der Waals surface area contributed by atoms with E-state index in [1.165, 1.54) is 6.33 Å². The Morgan fingerprint density at radius 3 is 2.36 bits per heavy atom. The zero-order chi connectivity index (χ0) is 18.9. The molecule has 0 atom stereocenters. The molecule has 0 saturated heterocycles. The van der Waals surface area contributed by atoms with E-state index in [1.807, 2.05) is 51.1 Å². The highest BCUT2D eigenvalue weighted by atomic mass is 16.1. The van der Waals surface area contributed by atoms with Gasteiger partial charge >= 0.3 is 0 Å². The van der Waals surface area contributed by atoms with E-state index in [4.69, 9.17) is 1.37 Å². The Bertz CT molecular complexity index is 1160. The lowest BCUT2D eigenvalue weighted by Gasteiger charge is -2.16. The van der Waals surface area contributed by atoms with Crippen LogP contribution in [0.4, 0.5) is 0 Å². The standard InChI is InChI=1S/C19H20N4O2/c1-19(2,3)16-13(20-11-21-16)10-15-18(25)22-14(17(24)23-15)9-12-7-5-4-6-8-12/h4-11H,1-3H3,(H,20,21)(H,22,25)(H,23,24)/b14-9-,15-10-/i10D. The summed E-state index contributed by atoms with van der Waals surface area (Å²) in [6.07, 6.45) is 3.07. The normalized spacial score (nSPS) is 14.4. The number of benzene rings is 1. The largest absolute Gasteiger partial charge is 0.345 e. The Kier molecular flexibility index (Phi) is 3.93. The number of nitrogens with zero attached hydrogens (tertiary/aromatic N) is 1. The number of hydrogen-bond donors (Lipinski definition) is 3. The summed E-state index contributed by atoms with van der Waals surface area (Å²) in [6, 6.07) is 9.11. The minimum absolute atomic E-state index is 0.1000. The number of aromatic nitrogens is 4. The van der Waals surface area contributed by atoms with Crippen LogP contribution in [0.3, 0.4) is 0 Å². The van der Waals surface area contributed by atoms with Crippen molar-refractivity contribution in [1.82, 2.24) is 19.9 Å². The third kappa shape index (κ3) is 3.68. The van der Waals surface area contributed by atoms with Gasteiger partial charge < -0.3 is 15.0 Å². The van der Waals surface area contributed by atoms with Crippen LogP contribution in [0.5, 0.6) is 0 Å². The SMILES string of the molecule is [2H]/C(c1[nH]cnc1C(C)(C)C)=c1/[nH]c(=O)/c(=C/c2ccccc2)[nH]c1=O. The van der Waals surface area contributed by atoms with Crippen molar-refractivity contribution in [2.24, 2.45) is 0 Å². The summed E-state index contributed by atoms with van der Waals surface area (Å²) < 4.78 is 8.37. The number of aromatic amines is 3. The molecule has 0 aliphatic carbocycles. The van der Waals surface area contributed by atoms with Crippen molar-refractivity contribution in [3.63, 3.8) is 0 Å². The van der Waals surface area contributed by atoms with Gasteiger partial charge in [0, 0.05) is 5.41 Å². The molecular weight excluding hydrogens is 316 g/mol. The smallest absolute Gasteiger partial charge is 0.272 e. The van der Waals surface area contributed by atoms with Gasteiger partial charge in [0.2, 0.25) is 0 Å². The molecule has 2 heterocycles. The minimum atomic E-state index is -0.536. The fourth-order valence-corrected chi connectivity index (χ4v) is 2.47. The van der Waals surface area contributed by atoms with Crippen molar-refractivity contribution >= 4 is 12.1 Å². The Morgan fingerprint density at radius 1 is 1.04 bits per heavy atom. The van der Waals surface area contributed by atoms with E-state index in [-0.39, 0.29) is 22.2 Å². The molecule has 0 spiro atoms. The third-order valence-corrected chi connectivity index (χ3v) is 3.67. The number of hydrogen-bond acceptors (Lipinski definition) is 3. The van der Waals surface area contributed by atoms with Crippen molar-refractivity contribution in [2.45, 2.75) is 26.2 Å². The second-order valence-corrected chi connectivity index (χ2v) is 6.75. The van der Waals surface area contributed by atoms with E-state index < -0.39 is 11.1 Å². The van der Waals surface area contributed by atoms with Gasteiger partial charge in [0.05, 0.1) is 19.1 Å². The first-order valence-corrected chi connectivity index (χ1v) is 7.92. The van der Waals surface area contributed by atoms with Crippen LogP contribution >= 0.6 is 0 Å². The molecule has 0 amide bonds. The number of rotatable bonds is 2. The molecule has 2 aromatic heterocycles. The van der Waals surface area contributed by atoms with E-state index in [1.54, 1.807) is 6.08 Å². The van der Waals surface area contributed by atoms with Gasteiger partial charge in [0.15, 0.2) is 0 Å². The maximum Gasteiger partial charge on any atom is 0.272 e. The second kappa shape index (κ2) is 6.39. The molecule has 128 valence electrons. The molecule has 0 saturated carbocycles. The lowest BCUT2D eigenvalue weighted by Crippen LogP contribution is -2.46. The van der Waals surface area contributed by atoms with Gasteiger partial charge in [0.1, 0.15) is 10.7 Å². The van der Waals surface area contributed by atoms with E-state index in [0.29, 0.717) is 11.4 Å². The molecule has 0 radical (unpaired) electrons. The number of nitrogens with one attached hydrogen (secondary N) is 3. The highest BCUT2D eigenvalue weighted by Crippen LogP contribution is 2.22. The van der Waals surface area contributed by atoms with Crippen LogP contribution in [0.25, 0.3) is 12.1 Å². The summed E-state index contributed by atoms with van der Waals surface area (Å²) in [5.41, 5.74) is 0.549. The maximum absolute atomic E-state index is 12.5. The summed E-state index contributed by atoms with van der Waals surface area (Å²) in [6.45, 7) is 5.89.